The number of nitrogens with one attached hydrogen (secondary N) is 1. The molecule has 0 atom stereocenters. The SMILES string of the molecule is CNc1cc2cc(-c3cncc(C(F)(F)F)c3)ccc2cn1. The number of rotatable bonds is 2. The molecular weight excluding hydrogens is 291 g/mol. The molecule has 0 bridgehead atoms. The molecule has 2 heterocycles. The third-order valence-electron chi connectivity index (χ3n) is 3.38. The maximum atomic E-state index is 12.8. The molecule has 3 aromatic rings. The summed E-state index contributed by atoms with van der Waals surface area (Å²) in [5.74, 6) is 0.701. The molecule has 0 saturated heterocycles. The van der Waals surface area contributed by atoms with Crippen LogP contribution in [0.3, 0.4) is 0 Å². The number of hydrogen-bond donors (Lipinski definition) is 1. The molecule has 0 aliphatic rings. The van der Waals surface area contributed by atoms with Gasteiger partial charge in [0.05, 0.1) is 5.56 Å². The number of aromatic nitrogens is 2. The van der Waals surface area contributed by atoms with Crippen LogP contribution in [-0.4, -0.2) is 17.0 Å². The van der Waals surface area contributed by atoms with Crippen LogP contribution >= 0.6 is 0 Å². The van der Waals surface area contributed by atoms with Crippen LogP contribution in [0.4, 0.5) is 19.0 Å². The van der Waals surface area contributed by atoms with Crippen molar-refractivity contribution in [2.24, 2.45) is 0 Å². The normalized spacial score (nSPS) is 11.6. The molecule has 2 aromatic heterocycles. The van der Waals surface area contributed by atoms with Gasteiger partial charge in [0, 0.05) is 36.6 Å². The summed E-state index contributed by atoms with van der Waals surface area (Å²) < 4.78 is 38.3. The largest absolute Gasteiger partial charge is 0.417 e. The molecule has 0 unspecified atom stereocenters. The first kappa shape index (κ1) is 14.3. The van der Waals surface area contributed by atoms with E-state index in [-0.39, 0.29) is 0 Å². The van der Waals surface area contributed by atoms with E-state index in [9.17, 15) is 13.2 Å². The molecule has 22 heavy (non-hydrogen) atoms. The van der Waals surface area contributed by atoms with Gasteiger partial charge in [-0.25, -0.2) is 4.98 Å². The Morgan fingerprint density at radius 1 is 0.909 bits per heavy atom. The summed E-state index contributed by atoms with van der Waals surface area (Å²) in [7, 11) is 1.76. The van der Waals surface area contributed by atoms with Gasteiger partial charge in [0.2, 0.25) is 0 Å². The van der Waals surface area contributed by atoms with Gasteiger partial charge in [-0.3, -0.25) is 4.98 Å². The number of fused-ring (bicyclic) bond motifs is 1. The highest BCUT2D eigenvalue weighted by molar-refractivity contribution is 5.88. The van der Waals surface area contributed by atoms with Crippen LogP contribution in [0.5, 0.6) is 0 Å². The lowest BCUT2D eigenvalue weighted by atomic mass is 10.0. The zero-order chi connectivity index (χ0) is 15.7. The summed E-state index contributed by atoms with van der Waals surface area (Å²) in [5, 5.41) is 4.75. The van der Waals surface area contributed by atoms with Crippen molar-refractivity contribution in [3.63, 3.8) is 0 Å². The molecule has 0 spiro atoms. The van der Waals surface area contributed by atoms with Crippen LogP contribution in [0, 0.1) is 0 Å². The molecule has 0 saturated carbocycles. The van der Waals surface area contributed by atoms with E-state index in [0.29, 0.717) is 16.9 Å². The average Bonchev–Trinajstić information content (AvgIpc) is 2.53. The van der Waals surface area contributed by atoms with Crippen molar-refractivity contribution in [3.05, 3.63) is 54.5 Å². The summed E-state index contributed by atoms with van der Waals surface area (Å²) in [6.07, 6.45) is -0.428. The van der Waals surface area contributed by atoms with Crippen molar-refractivity contribution in [2.75, 3.05) is 12.4 Å². The Labute approximate surface area is 124 Å². The number of nitrogens with zero attached hydrogens (tertiary/aromatic N) is 2. The molecule has 1 N–H and O–H groups in total. The predicted molar refractivity (Wildman–Crippen MR) is 79.5 cm³/mol. The quantitative estimate of drug-likeness (QED) is 0.764. The maximum absolute atomic E-state index is 12.8. The Kier molecular flexibility index (Phi) is 3.44. The number of hydrogen-bond acceptors (Lipinski definition) is 3. The van der Waals surface area contributed by atoms with Crippen LogP contribution < -0.4 is 5.32 Å². The number of anilines is 1. The Bertz CT molecular complexity index is 828. The van der Waals surface area contributed by atoms with Gasteiger partial charge in [0.25, 0.3) is 0 Å². The zero-order valence-electron chi connectivity index (χ0n) is 11.6. The fourth-order valence-corrected chi connectivity index (χ4v) is 2.21. The fraction of sp³-hybridized carbons (Fsp3) is 0.125. The first-order valence-electron chi connectivity index (χ1n) is 6.57. The molecule has 112 valence electrons. The van der Waals surface area contributed by atoms with Crippen LogP contribution in [0.2, 0.25) is 0 Å². The minimum absolute atomic E-state index is 0.430. The molecular formula is C16H12F3N3. The van der Waals surface area contributed by atoms with Crippen LogP contribution in [0.15, 0.2) is 48.9 Å². The van der Waals surface area contributed by atoms with Gasteiger partial charge in [0.15, 0.2) is 0 Å². The Morgan fingerprint density at radius 2 is 1.73 bits per heavy atom. The van der Waals surface area contributed by atoms with E-state index in [1.807, 2.05) is 18.2 Å². The lowest BCUT2D eigenvalue weighted by Crippen LogP contribution is -2.05. The Balaban J connectivity index is 2.10. The van der Waals surface area contributed by atoms with Crippen LogP contribution in [-0.2, 0) is 6.18 Å². The summed E-state index contributed by atoms with van der Waals surface area (Å²) >= 11 is 0. The van der Waals surface area contributed by atoms with Crippen molar-refractivity contribution in [3.8, 4) is 11.1 Å². The summed E-state index contributed by atoms with van der Waals surface area (Å²) in [6, 6.07) is 8.38. The number of halogens is 3. The highest BCUT2D eigenvalue weighted by Gasteiger charge is 2.31. The standard InChI is InChI=1S/C16H12F3N3/c1-20-15-6-12-4-10(2-3-11(12)8-22-15)13-5-14(9-21-7-13)16(17,18)19/h2-9H,1H3,(H,20,22). The second-order valence-electron chi connectivity index (χ2n) is 4.84. The van der Waals surface area contributed by atoms with Crippen LogP contribution in [0.25, 0.3) is 21.9 Å². The van der Waals surface area contributed by atoms with Crippen molar-refractivity contribution < 1.29 is 13.2 Å². The smallest absolute Gasteiger partial charge is 0.373 e. The topological polar surface area (TPSA) is 37.8 Å². The number of alkyl halides is 3. The molecule has 3 nitrogen and oxygen atoms in total. The average molecular weight is 303 g/mol. The van der Waals surface area contributed by atoms with E-state index in [1.54, 1.807) is 19.3 Å². The van der Waals surface area contributed by atoms with Crippen molar-refractivity contribution in [2.45, 2.75) is 6.18 Å². The van der Waals surface area contributed by atoms with Gasteiger partial charge >= 0.3 is 6.18 Å². The molecule has 6 heteroatoms. The van der Waals surface area contributed by atoms with E-state index in [1.165, 1.54) is 6.20 Å². The monoisotopic (exact) mass is 303 g/mol. The van der Waals surface area contributed by atoms with E-state index < -0.39 is 11.7 Å². The van der Waals surface area contributed by atoms with Gasteiger partial charge in [-0.2, -0.15) is 13.2 Å². The van der Waals surface area contributed by atoms with Crippen molar-refractivity contribution in [1.82, 2.24) is 9.97 Å². The van der Waals surface area contributed by atoms with Gasteiger partial charge in [-0.05, 0) is 29.1 Å². The molecule has 0 aliphatic carbocycles. The van der Waals surface area contributed by atoms with Gasteiger partial charge < -0.3 is 5.32 Å². The summed E-state index contributed by atoms with van der Waals surface area (Å²) in [6.45, 7) is 0. The van der Waals surface area contributed by atoms with Crippen molar-refractivity contribution in [1.29, 1.82) is 0 Å². The Hall–Kier alpha value is -2.63. The van der Waals surface area contributed by atoms with Gasteiger partial charge in [0.1, 0.15) is 5.82 Å². The predicted octanol–water partition coefficient (Wildman–Crippen LogP) is 4.36. The molecule has 0 aliphatic heterocycles. The number of benzene rings is 1. The first-order chi connectivity index (χ1) is 10.5. The van der Waals surface area contributed by atoms with Crippen LogP contribution in [0.1, 0.15) is 5.56 Å². The van der Waals surface area contributed by atoms with Gasteiger partial charge in [-0.1, -0.05) is 12.1 Å². The third kappa shape index (κ3) is 2.72. The summed E-state index contributed by atoms with van der Waals surface area (Å²) in [4.78, 5) is 7.90. The highest BCUT2D eigenvalue weighted by atomic mass is 19.4. The molecule has 3 rings (SSSR count). The van der Waals surface area contributed by atoms with Gasteiger partial charge in [-0.15, -0.1) is 0 Å². The summed E-state index contributed by atoms with van der Waals surface area (Å²) in [5.41, 5.74) is 0.356. The second-order valence-corrected chi connectivity index (χ2v) is 4.84. The minimum Gasteiger partial charge on any atom is -0.373 e. The van der Waals surface area contributed by atoms with E-state index in [2.05, 4.69) is 15.3 Å². The maximum Gasteiger partial charge on any atom is 0.417 e. The molecule has 0 amide bonds. The van der Waals surface area contributed by atoms with E-state index >= 15 is 0 Å². The Morgan fingerprint density at radius 3 is 2.45 bits per heavy atom. The molecule has 0 fully saturated rings. The van der Waals surface area contributed by atoms with E-state index in [0.717, 1.165) is 23.0 Å². The van der Waals surface area contributed by atoms with Crippen molar-refractivity contribution >= 4 is 16.6 Å². The molecule has 1 aromatic carbocycles. The zero-order valence-corrected chi connectivity index (χ0v) is 11.6. The molecule has 0 radical (unpaired) electrons. The number of pyridine rings is 2. The van der Waals surface area contributed by atoms with E-state index in [4.69, 9.17) is 0 Å². The highest BCUT2D eigenvalue weighted by Crippen LogP contribution is 2.32. The first-order valence-corrected chi connectivity index (χ1v) is 6.57. The second kappa shape index (κ2) is 5.29. The lowest BCUT2D eigenvalue weighted by Gasteiger charge is -2.09. The lowest BCUT2D eigenvalue weighted by molar-refractivity contribution is -0.137. The third-order valence-corrected chi connectivity index (χ3v) is 3.38. The minimum atomic E-state index is -4.40. The fourth-order valence-electron chi connectivity index (χ4n) is 2.21.